The monoisotopic (exact) mass is 406 g/mol. The number of halogens is 1. The van der Waals surface area contributed by atoms with E-state index in [1.807, 2.05) is 24.3 Å². The standard InChI is InChI=1S/C23H27FN6/c1-4-6-11-22(25-17(3)24)30(5-2)16-18-12-14-19(15-13-18)20-9-7-8-10-21(20)23-26-28-29-27-23/h7-10,12-15H,3-6,11,16H2,1-2H3,(H,26,27,28,29)/b25-22-. The van der Waals surface area contributed by atoms with Gasteiger partial charge in [-0.25, -0.2) is 4.99 Å². The van der Waals surface area contributed by atoms with E-state index in [2.05, 4.69) is 75.2 Å². The fourth-order valence-corrected chi connectivity index (χ4v) is 3.36. The second-order valence-electron chi connectivity index (χ2n) is 7.00. The summed E-state index contributed by atoms with van der Waals surface area (Å²) in [6.07, 6.45) is 2.74. The van der Waals surface area contributed by atoms with Gasteiger partial charge in [0.15, 0.2) is 0 Å². The molecule has 1 aromatic heterocycles. The maximum absolute atomic E-state index is 13.4. The predicted molar refractivity (Wildman–Crippen MR) is 118 cm³/mol. The normalized spacial score (nSPS) is 11.5. The number of nitrogens with zero attached hydrogens (tertiary/aromatic N) is 5. The number of hydrogen-bond donors (Lipinski definition) is 1. The summed E-state index contributed by atoms with van der Waals surface area (Å²) in [5, 5.41) is 14.4. The highest BCUT2D eigenvalue weighted by Crippen LogP contribution is 2.29. The number of aromatic amines is 1. The highest BCUT2D eigenvalue weighted by molar-refractivity contribution is 5.83. The Morgan fingerprint density at radius 3 is 2.43 bits per heavy atom. The molecular weight excluding hydrogens is 379 g/mol. The molecule has 0 amide bonds. The van der Waals surface area contributed by atoms with Crippen molar-refractivity contribution in [2.45, 2.75) is 39.7 Å². The molecule has 1 heterocycles. The molecule has 3 rings (SSSR count). The van der Waals surface area contributed by atoms with Gasteiger partial charge in [-0.3, -0.25) is 0 Å². The molecule has 0 spiro atoms. The van der Waals surface area contributed by atoms with Crippen molar-refractivity contribution in [1.29, 1.82) is 0 Å². The van der Waals surface area contributed by atoms with Crippen molar-refractivity contribution in [2.75, 3.05) is 6.54 Å². The van der Waals surface area contributed by atoms with E-state index in [0.717, 1.165) is 53.9 Å². The molecule has 0 aliphatic rings. The van der Waals surface area contributed by atoms with Crippen LogP contribution in [0.2, 0.25) is 0 Å². The molecule has 156 valence electrons. The molecule has 1 N–H and O–H groups in total. The van der Waals surface area contributed by atoms with E-state index in [4.69, 9.17) is 0 Å². The highest BCUT2D eigenvalue weighted by atomic mass is 19.1. The number of rotatable bonds is 9. The van der Waals surface area contributed by atoms with E-state index < -0.39 is 5.95 Å². The van der Waals surface area contributed by atoms with E-state index in [0.29, 0.717) is 12.4 Å². The van der Waals surface area contributed by atoms with Gasteiger partial charge in [-0.2, -0.15) is 9.60 Å². The molecule has 0 fully saturated rings. The molecule has 30 heavy (non-hydrogen) atoms. The number of H-pyrrole nitrogens is 1. The van der Waals surface area contributed by atoms with Crippen LogP contribution in [0.15, 0.2) is 66.1 Å². The predicted octanol–water partition coefficient (Wildman–Crippen LogP) is 5.39. The Labute approximate surface area is 176 Å². The first kappa shape index (κ1) is 21.4. The zero-order valence-corrected chi connectivity index (χ0v) is 17.5. The maximum Gasteiger partial charge on any atom is 0.207 e. The van der Waals surface area contributed by atoms with Gasteiger partial charge in [0, 0.05) is 25.1 Å². The van der Waals surface area contributed by atoms with Crippen LogP contribution in [0.1, 0.15) is 38.7 Å². The topological polar surface area (TPSA) is 70.1 Å². The van der Waals surface area contributed by atoms with Crippen molar-refractivity contribution < 1.29 is 4.39 Å². The molecule has 0 unspecified atom stereocenters. The first-order chi connectivity index (χ1) is 14.6. The largest absolute Gasteiger partial charge is 0.356 e. The summed E-state index contributed by atoms with van der Waals surface area (Å²) >= 11 is 0. The van der Waals surface area contributed by atoms with Crippen molar-refractivity contribution in [2.24, 2.45) is 4.99 Å². The van der Waals surface area contributed by atoms with Gasteiger partial charge in [0.1, 0.15) is 5.84 Å². The van der Waals surface area contributed by atoms with Gasteiger partial charge in [0.05, 0.1) is 0 Å². The number of tetrazole rings is 1. The summed E-state index contributed by atoms with van der Waals surface area (Å²) in [4.78, 5) is 6.15. The third-order valence-electron chi connectivity index (χ3n) is 4.90. The molecule has 0 atom stereocenters. The number of nitrogens with one attached hydrogen (secondary N) is 1. The molecule has 2 aromatic carbocycles. The van der Waals surface area contributed by atoms with E-state index in [1.54, 1.807) is 0 Å². The highest BCUT2D eigenvalue weighted by Gasteiger charge is 2.13. The third-order valence-corrected chi connectivity index (χ3v) is 4.90. The van der Waals surface area contributed by atoms with Crippen LogP contribution < -0.4 is 0 Å². The fraction of sp³-hybridized carbons (Fsp3) is 0.304. The fourth-order valence-electron chi connectivity index (χ4n) is 3.36. The zero-order chi connectivity index (χ0) is 21.3. The molecule has 0 saturated heterocycles. The SMILES string of the molecule is C=C(F)/N=C(/CCCC)N(CC)Cc1ccc(-c2ccccc2-c2nn[nH]n2)cc1. The van der Waals surface area contributed by atoms with Crippen LogP contribution in [-0.2, 0) is 6.54 Å². The van der Waals surface area contributed by atoms with Crippen molar-refractivity contribution in [3.05, 3.63) is 66.6 Å². The number of benzene rings is 2. The van der Waals surface area contributed by atoms with Gasteiger partial charge in [-0.15, -0.1) is 10.2 Å². The summed E-state index contributed by atoms with van der Waals surface area (Å²) in [7, 11) is 0. The lowest BCUT2D eigenvalue weighted by molar-refractivity contribution is 0.420. The Bertz CT molecular complexity index is 979. The average molecular weight is 407 g/mol. The number of unbranched alkanes of at least 4 members (excludes halogenated alkanes) is 1. The summed E-state index contributed by atoms with van der Waals surface area (Å²) in [6.45, 7) is 8.89. The van der Waals surface area contributed by atoms with Crippen LogP contribution in [0.25, 0.3) is 22.5 Å². The van der Waals surface area contributed by atoms with Crippen LogP contribution in [-0.4, -0.2) is 37.9 Å². The molecule has 0 radical (unpaired) electrons. The number of amidine groups is 1. The Hall–Kier alpha value is -3.35. The maximum atomic E-state index is 13.4. The Kier molecular flexibility index (Phi) is 7.43. The second kappa shape index (κ2) is 10.4. The molecule has 0 aliphatic carbocycles. The lowest BCUT2D eigenvalue weighted by Crippen LogP contribution is -2.30. The molecule has 7 heteroatoms. The van der Waals surface area contributed by atoms with E-state index in [9.17, 15) is 4.39 Å². The number of aromatic nitrogens is 4. The third kappa shape index (κ3) is 5.37. The Morgan fingerprint density at radius 2 is 1.83 bits per heavy atom. The first-order valence-corrected chi connectivity index (χ1v) is 10.2. The van der Waals surface area contributed by atoms with Gasteiger partial charge in [0.2, 0.25) is 11.8 Å². The van der Waals surface area contributed by atoms with Crippen molar-refractivity contribution in [1.82, 2.24) is 25.5 Å². The van der Waals surface area contributed by atoms with Crippen LogP contribution in [0.3, 0.4) is 0 Å². The molecular formula is C23H27FN6. The lowest BCUT2D eigenvalue weighted by atomic mass is 9.98. The van der Waals surface area contributed by atoms with Crippen LogP contribution >= 0.6 is 0 Å². The Balaban J connectivity index is 1.81. The number of hydrogen-bond acceptors (Lipinski definition) is 4. The minimum atomic E-state index is -0.645. The van der Waals surface area contributed by atoms with Crippen LogP contribution in [0.5, 0.6) is 0 Å². The van der Waals surface area contributed by atoms with Crippen molar-refractivity contribution >= 4 is 5.84 Å². The summed E-state index contributed by atoms with van der Waals surface area (Å²) < 4.78 is 13.4. The van der Waals surface area contributed by atoms with Crippen LogP contribution in [0, 0.1) is 0 Å². The van der Waals surface area contributed by atoms with Crippen LogP contribution in [0.4, 0.5) is 4.39 Å². The molecule has 0 bridgehead atoms. The average Bonchev–Trinajstić information content (AvgIpc) is 3.30. The summed E-state index contributed by atoms with van der Waals surface area (Å²) in [5.74, 6) is 0.668. The minimum absolute atomic E-state index is 0.565. The van der Waals surface area contributed by atoms with E-state index in [-0.39, 0.29) is 0 Å². The molecule has 0 aliphatic heterocycles. The van der Waals surface area contributed by atoms with Gasteiger partial charge in [-0.05, 0) is 41.8 Å². The van der Waals surface area contributed by atoms with Gasteiger partial charge in [-0.1, -0.05) is 61.9 Å². The van der Waals surface area contributed by atoms with Crippen molar-refractivity contribution in [3.8, 4) is 22.5 Å². The smallest absolute Gasteiger partial charge is 0.207 e. The first-order valence-electron chi connectivity index (χ1n) is 10.2. The minimum Gasteiger partial charge on any atom is -0.356 e. The van der Waals surface area contributed by atoms with E-state index >= 15 is 0 Å². The molecule has 0 saturated carbocycles. The molecule has 3 aromatic rings. The quantitative estimate of drug-likeness (QED) is 0.294. The summed E-state index contributed by atoms with van der Waals surface area (Å²) in [5.41, 5.74) is 4.16. The Morgan fingerprint density at radius 1 is 1.10 bits per heavy atom. The lowest BCUT2D eigenvalue weighted by Gasteiger charge is -2.25. The van der Waals surface area contributed by atoms with E-state index in [1.165, 1.54) is 0 Å². The van der Waals surface area contributed by atoms with Gasteiger partial charge >= 0.3 is 0 Å². The second-order valence-corrected chi connectivity index (χ2v) is 7.00. The van der Waals surface area contributed by atoms with Gasteiger partial charge < -0.3 is 4.90 Å². The van der Waals surface area contributed by atoms with Gasteiger partial charge in [0.25, 0.3) is 0 Å². The summed E-state index contributed by atoms with van der Waals surface area (Å²) in [6, 6.07) is 16.3. The zero-order valence-electron chi connectivity index (χ0n) is 17.5. The molecule has 6 nitrogen and oxygen atoms in total. The number of aliphatic imine (C=N–C) groups is 1. The van der Waals surface area contributed by atoms with Crippen molar-refractivity contribution in [3.63, 3.8) is 0 Å².